The molecule has 0 amide bonds. The Balaban J connectivity index is 1.78. The Labute approximate surface area is 139 Å². The van der Waals surface area contributed by atoms with Gasteiger partial charge in [-0.05, 0) is 75.0 Å². The molecule has 4 saturated carbocycles. The summed E-state index contributed by atoms with van der Waals surface area (Å²) in [5, 5.41) is 9.90. The first-order valence-electron chi connectivity index (χ1n) is 9.53. The first-order chi connectivity index (χ1) is 10.8. The highest BCUT2D eigenvalue weighted by Crippen LogP contribution is 2.71. The average molecular weight is 318 g/mol. The van der Waals surface area contributed by atoms with Gasteiger partial charge < -0.3 is 5.11 Å². The van der Waals surface area contributed by atoms with Crippen molar-refractivity contribution in [2.45, 2.75) is 72.1 Å². The maximum atomic E-state index is 13.1. The van der Waals surface area contributed by atoms with E-state index >= 15 is 0 Å². The number of hydrogen-bond donors (Lipinski definition) is 1. The molecule has 1 N–H and O–H groups in total. The van der Waals surface area contributed by atoms with Gasteiger partial charge in [0.1, 0.15) is 5.78 Å². The summed E-state index contributed by atoms with van der Waals surface area (Å²) in [6, 6.07) is 0. The maximum Gasteiger partial charge on any atom is 0.309 e. The molecule has 4 aliphatic rings. The fourth-order valence-corrected chi connectivity index (χ4v) is 7.73. The van der Waals surface area contributed by atoms with Gasteiger partial charge in [-0.1, -0.05) is 20.3 Å². The molecule has 4 fully saturated rings. The molecule has 0 saturated heterocycles. The standard InChI is InChI=1S/C20H30O3/c1-12-13-5-6-15-18(2)8-4-9-19(3,17(22)23)14(18)7-10-20(15,11-13)16(12)21/h12-15H,4-11H2,1-3H3,(H,22,23)/t12-,13+,14-,15-,18+,19-,20+/m0/s1. The Morgan fingerprint density at radius 1 is 1.09 bits per heavy atom. The van der Waals surface area contributed by atoms with Crippen LogP contribution < -0.4 is 0 Å². The Hall–Kier alpha value is -0.860. The zero-order valence-electron chi connectivity index (χ0n) is 14.7. The minimum Gasteiger partial charge on any atom is -0.481 e. The molecular formula is C20H30O3. The van der Waals surface area contributed by atoms with Crippen molar-refractivity contribution in [3.8, 4) is 0 Å². The molecule has 0 aromatic rings. The van der Waals surface area contributed by atoms with Gasteiger partial charge in [0.15, 0.2) is 0 Å². The van der Waals surface area contributed by atoms with Crippen molar-refractivity contribution >= 4 is 11.8 Å². The number of carboxylic acid groups (broad SMARTS) is 1. The SMILES string of the molecule is C[C@@H]1C(=O)[C@@]23CC[C@H]4[C@@](C)(CCC[C@]4(C)C(=O)O)[C@@H]2CC[C@@H]1C3. The second-order valence-corrected chi connectivity index (χ2v) is 9.58. The third kappa shape index (κ3) is 1.72. The number of hydrogen-bond acceptors (Lipinski definition) is 2. The Bertz CT molecular complexity index is 569. The third-order valence-corrected chi connectivity index (χ3v) is 8.87. The molecule has 2 bridgehead atoms. The molecule has 3 nitrogen and oxygen atoms in total. The van der Waals surface area contributed by atoms with Crippen molar-refractivity contribution in [3.63, 3.8) is 0 Å². The van der Waals surface area contributed by atoms with Crippen LogP contribution in [0, 0.1) is 39.9 Å². The van der Waals surface area contributed by atoms with E-state index in [4.69, 9.17) is 0 Å². The molecule has 128 valence electrons. The monoisotopic (exact) mass is 318 g/mol. The fourth-order valence-electron chi connectivity index (χ4n) is 7.73. The lowest BCUT2D eigenvalue weighted by Gasteiger charge is -2.62. The van der Waals surface area contributed by atoms with Crippen LogP contribution in [-0.4, -0.2) is 16.9 Å². The van der Waals surface area contributed by atoms with Crippen molar-refractivity contribution < 1.29 is 14.7 Å². The predicted octanol–water partition coefficient (Wildman–Crippen LogP) is 4.30. The highest BCUT2D eigenvalue weighted by molar-refractivity contribution is 5.90. The Morgan fingerprint density at radius 2 is 1.83 bits per heavy atom. The van der Waals surface area contributed by atoms with Crippen LogP contribution in [0.3, 0.4) is 0 Å². The van der Waals surface area contributed by atoms with Gasteiger partial charge in [0, 0.05) is 11.3 Å². The summed E-state index contributed by atoms with van der Waals surface area (Å²) in [5.74, 6) is 1.37. The van der Waals surface area contributed by atoms with Crippen LogP contribution in [0.25, 0.3) is 0 Å². The summed E-state index contributed by atoms with van der Waals surface area (Å²) in [6.07, 6.45) is 8.18. The number of fused-ring (bicyclic) bond motifs is 3. The highest BCUT2D eigenvalue weighted by Gasteiger charge is 2.68. The average Bonchev–Trinajstić information content (AvgIpc) is 2.68. The molecule has 3 heteroatoms. The number of carbonyl (C=O) groups excluding carboxylic acids is 1. The highest BCUT2D eigenvalue weighted by atomic mass is 16.4. The second-order valence-electron chi connectivity index (χ2n) is 9.58. The van der Waals surface area contributed by atoms with E-state index in [1.807, 2.05) is 6.92 Å². The van der Waals surface area contributed by atoms with Crippen LogP contribution in [0.4, 0.5) is 0 Å². The molecule has 0 aliphatic heterocycles. The molecule has 4 rings (SSSR count). The van der Waals surface area contributed by atoms with Crippen molar-refractivity contribution in [2.75, 3.05) is 0 Å². The summed E-state index contributed by atoms with van der Waals surface area (Å²) < 4.78 is 0. The molecule has 7 atom stereocenters. The number of rotatable bonds is 1. The number of carbonyl (C=O) groups is 2. The minimum atomic E-state index is -0.621. The third-order valence-electron chi connectivity index (χ3n) is 8.87. The summed E-state index contributed by atoms with van der Waals surface area (Å²) in [4.78, 5) is 25.2. The molecular weight excluding hydrogens is 288 g/mol. The lowest BCUT2D eigenvalue weighted by atomic mass is 9.41. The fraction of sp³-hybridized carbons (Fsp3) is 0.900. The molecule has 0 aromatic heterocycles. The van der Waals surface area contributed by atoms with Crippen LogP contribution in [0.1, 0.15) is 72.1 Å². The van der Waals surface area contributed by atoms with Crippen LogP contribution in [-0.2, 0) is 9.59 Å². The smallest absolute Gasteiger partial charge is 0.309 e. The largest absolute Gasteiger partial charge is 0.481 e. The summed E-state index contributed by atoms with van der Waals surface area (Å²) in [6.45, 7) is 6.45. The zero-order chi connectivity index (χ0) is 16.6. The van der Waals surface area contributed by atoms with Gasteiger partial charge in [-0.15, -0.1) is 0 Å². The zero-order valence-corrected chi connectivity index (χ0v) is 14.7. The first-order valence-corrected chi connectivity index (χ1v) is 9.53. The van der Waals surface area contributed by atoms with E-state index in [9.17, 15) is 14.7 Å². The topological polar surface area (TPSA) is 54.4 Å². The van der Waals surface area contributed by atoms with E-state index in [-0.39, 0.29) is 22.7 Å². The predicted molar refractivity (Wildman–Crippen MR) is 87.9 cm³/mol. The number of ketones is 1. The van der Waals surface area contributed by atoms with Gasteiger partial charge in [0.05, 0.1) is 5.41 Å². The number of carboxylic acids is 1. The van der Waals surface area contributed by atoms with E-state index in [1.165, 1.54) is 6.42 Å². The molecule has 0 unspecified atom stereocenters. The molecule has 0 radical (unpaired) electrons. The maximum absolute atomic E-state index is 13.1. The molecule has 0 aromatic carbocycles. The molecule has 0 heterocycles. The second kappa shape index (κ2) is 4.61. The van der Waals surface area contributed by atoms with Gasteiger partial charge in [-0.2, -0.15) is 0 Å². The lowest BCUT2D eigenvalue weighted by Crippen LogP contribution is -2.59. The molecule has 1 spiro atoms. The van der Waals surface area contributed by atoms with Crippen LogP contribution >= 0.6 is 0 Å². The van der Waals surface area contributed by atoms with Crippen LogP contribution in [0.15, 0.2) is 0 Å². The van der Waals surface area contributed by atoms with Crippen LogP contribution in [0.2, 0.25) is 0 Å². The van der Waals surface area contributed by atoms with E-state index in [2.05, 4.69) is 13.8 Å². The van der Waals surface area contributed by atoms with Crippen molar-refractivity contribution in [1.82, 2.24) is 0 Å². The normalized spacial score (nSPS) is 55.2. The van der Waals surface area contributed by atoms with Crippen molar-refractivity contribution in [3.05, 3.63) is 0 Å². The number of Topliss-reactive ketones (excluding diaryl/α,β-unsaturated/α-hetero) is 1. The van der Waals surface area contributed by atoms with Gasteiger partial charge >= 0.3 is 5.97 Å². The van der Waals surface area contributed by atoms with Crippen LogP contribution in [0.5, 0.6) is 0 Å². The summed E-state index contributed by atoms with van der Waals surface area (Å²) >= 11 is 0. The summed E-state index contributed by atoms with van der Waals surface area (Å²) in [7, 11) is 0. The minimum absolute atomic E-state index is 0.0360. The van der Waals surface area contributed by atoms with Gasteiger partial charge in [0.25, 0.3) is 0 Å². The lowest BCUT2D eigenvalue weighted by molar-refractivity contribution is -0.182. The van der Waals surface area contributed by atoms with Gasteiger partial charge in [-0.3, -0.25) is 9.59 Å². The molecule has 23 heavy (non-hydrogen) atoms. The Kier molecular flexibility index (Phi) is 3.14. The Morgan fingerprint density at radius 3 is 2.52 bits per heavy atom. The van der Waals surface area contributed by atoms with E-state index in [1.54, 1.807) is 0 Å². The van der Waals surface area contributed by atoms with Crippen molar-refractivity contribution in [1.29, 1.82) is 0 Å². The van der Waals surface area contributed by atoms with E-state index in [0.717, 1.165) is 44.9 Å². The first kappa shape index (κ1) is 15.7. The number of aliphatic carboxylic acids is 1. The van der Waals surface area contributed by atoms with E-state index < -0.39 is 11.4 Å². The van der Waals surface area contributed by atoms with Gasteiger partial charge in [0.2, 0.25) is 0 Å². The van der Waals surface area contributed by atoms with E-state index in [0.29, 0.717) is 17.6 Å². The quantitative estimate of drug-likeness (QED) is 0.784. The summed E-state index contributed by atoms with van der Waals surface area (Å²) in [5.41, 5.74) is -0.669. The molecule has 4 aliphatic carbocycles. The van der Waals surface area contributed by atoms with Gasteiger partial charge in [-0.25, -0.2) is 0 Å². The van der Waals surface area contributed by atoms with Crippen molar-refractivity contribution in [2.24, 2.45) is 39.9 Å².